The van der Waals surface area contributed by atoms with Crippen LogP contribution in [0.25, 0.3) is 0 Å². The van der Waals surface area contributed by atoms with Gasteiger partial charge in [-0.3, -0.25) is 4.90 Å². The fraction of sp³-hybridized carbons (Fsp3) is 1.00. The van der Waals surface area contributed by atoms with E-state index in [1.165, 1.54) is 37.4 Å². The highest BCUT2D eigenvalue weighted by Crippen LogP contribution is 2.23. The van der Waals surface area contributed by atoms with Gasteiger partial charge in [0.05, 0.1) is 0 Å². The summed E-state index contributed by atoms with van der Waals surface area (Å²) in [7, 11) is 0. The summed E-state index contributed by atoms with van der Waals surface area (Å²) in [5, 5.41) is 3.66. The maximum absolute atomic E-state index is 3.66. The molecule has 1 aliphatic heterocycles. The molecule has 0 aromatic heterocycles. The van der Waals surface area contributed by atoms with Crippen molar-refractivity contribution in [2.75, 3.05) is 24.6 Å². The fourth-order valence-electron chi connectivity index (χ4n) is 2.48. The van der Waals surface area contributed by atoms with E-state index in [2.05, 4.69) is 42.7 Å². The van der Waals surface area contributed by atoms with Crippen molar-refractivity contribution in [1.82, 2.24) is 10.2 Å². The lowest BCUT2D eigenvalue weighted by Gasteiger charge is -2.40. The highest BCUT2D eigenvalue weighted by Gasteiger charge is 2.28. The highest BCUT2D eigenvalue weighted by atomic mass is 32.2. The van der Waals surface area contributed by atoms with Crippen LogP contribution >= 0.6 is 11.8 Å². The van der Waals surface area contributed by atoms with Crippen molar-refractivity contribution >= 4 is 11.8 Å². The Bertz CT molecular complexity index is 218. The quantitative estimate of drug-likeness (QED) is 0.796. The molecule has 1 heterocycles. The first-order valence-corrected chi connectivity index (χ1v) is 7.91. The number of hydrogen-bond acceptors (Lipinski definition) is 3. The van der Waals surface area contributed by atoms with Crippen LogP contribution in [0, 0.1) is 5.92 Å². The zero-order valence-electron chi connectivity index (χ0n) is 10.9. The Morgan fingerprint density at radius 1 is 1.38 bits per heavy atom. The van der Waals surface area contributed by atoms with Crippen molar-refractivity contribution in [2.45, 2.75) is 51.7 Å². The second kappa shape index (κ2) is 5.74. The monoisotopic (exact) mass is 242 g/mol. The molecule has 0 aromatic carbocycles. The Morgan fingerprint density at radius 3 is 2.75 bits per heavy atom. The summed E-state index contributed by atoms with van der Waals surface area (Å²) in [6.45, 7) is 9.66. The first-order chi connectivity index (χ1) is 7.68. The van der Waals surface area contributed by atoms with Gasteiger partial charge in [-0.25, -0.2) is 0 Å². The number of nitrogens with zero attached hydrogens (tertiary/aromatic N) is 1. The van der Waals surface area contributed by atoms with Crippen LogP contribution in [0.3, 0.4) is 0 Å². The lowest BCUT2D eigenvalue weighted by Crippen LogP contribution is -2.49. The largest absolute Gasteiger partial charge is 0.314 e. The number of nitrogens with one attached hydrogen (secondary N) is 1. The molecule has 1 saturated heterocycles. The predicted molar refractivity (Wildman–Crippen MR) is 73.1 cm³/mol. The molecule has 3 heteroatoms. The molecule has 0 spiro atoms. The first-order valence-electron chi connectivity index (χ1n) is 6.75. The van der Waals surface area contributed by atoms with E-state index in [4.69, 9.17) is 0 Å². The third-order valence-corrected chi connectivity index (χ3v) is 5.26. The van der Waals surface area contributed by atoms with Crippen LogP contribution in [0.5, 0.6) is 0 Å². The second-order valence-electron chi connectivity index (χ2n) is 5.56. The minimum atomic E-state index is 0.724. The van der Waals surface area contributed by atoms with E-state index < -0.39 is 0 Å². The van der Waals surface area contributed by atoms with Gasteiger partial charge >= 0.3 is 0 Å². The van der Waals surface area contributed by atoms with Crippen LogP contribution in [0.1, 0.15) is 33.6 Å². The van der Waals surface area contributed by atoms with Crippen molar-refractivity contribution in [1.29, 1.82) is 0 Å². The summed E-state index contributed by atoms with van der Waals surface area (Å²) < 4.78 is 0. The zero-order chi connectivity index (χ0) is 11.5. The Morgan fingerprint density at radius 2 is 2.12 bits per heavy atom. The minimum Gasteiger partial charge on any atom is -0.314 e. The summed E-state index contributed by atoms with van der Waals surface area (Å²) in [4.78, 5) is 2.70. The van der Waals surface area contributed by atoms with Gasteiger partial charge in [0, 0.05) is 36.2 Å². The first kappa shape index (κ1) is 12.7. The average molecular weight is 242 g/mol. The SMILES string of the molecule is CC(CNC1CC1)C(C)N1CCSCC1C. The van der Waals surface area contributed by atoms with Crippen LogP contribution < -0.4 is 5.32 Å². The van der Waals surface area contributed by atoms with Gasteiger partial charge in [-0.05, 0) is 39.2 Å². The van der Waals surface area contributed by atoms with Gasteiger partial charge in [-0.2, -0.15) is 11.8 Å². The van der Waals surface area contributed by atoms with Gasteiger partial charge in [0.25, 0.3) is 0 Å². The van der Waals surface area contributed by atoms with Crippen LogP contribution in [0.15, 0.2) is 0 Å². The van der Waals surface area contributed by atoms with E-state index in [0.29, 0.717) is 0 Å². The maximum atomic E-state index is 3.66. The lowest BCUT2D eigenvalue weighted by molar-refractivity contribution is 0.130. The molecule has 0 aromatic rings. The smallest absolute Gasteiger partial charge is 0.0161 e. The van der Waals surface area contributed by atoms with Crippen molar-refractivity contribution in [3.8, 4) is 0 Å². The Labute approximate surface area is 105 Å². The average Bonchev–Trinajstić information content (AvgIpc) is 3.09. The maximum Gasteiger partial charge on any atom is 0.0161 e. The molecule has 16 heavy (non-hydrogen) atoms. The third kappa shape index (κ3) is 3.38. The van der Waals surface area contributed by atoms with Crippen molar-refractivity contribution in [3.05, 3.63) is 0 Å². The van der Waals surface area contributed by atoms with Gasteiger partial charge in [0.2, 0.25) is 0 Å². The molecular weight excluding hydrogens is 216 g/mol. The van der Waals surface area contributed by atoms with Crippen molar-refractivity contribution in [2.24, 2.45) is 5.92 Å². The molecule has 3 unspecified atom stereocenters. The summed E-state index contributed by atoms with van der Waals surface area (Å²) in [6, 6.07) is 2.34. The van der Waals surface area contributed by atoms with Gasteiger partial charge in [-0.15, -0.1) is 0 Å². The Balaban J connectivity index is 1.76. The molecule has 94 valence electrons. The van der Waals surface area contributed by atoms with E-state index >= 15 is 0 Å². The lowest BCUT2D eigenvalue weighted by atomic mass is 10.0. The molecule has 2 rings (SSSR count). The van der Waals surface area contributed by atoms with Gasteiger partial charge in [0.15, 0.2) is 0 Å². The van der Waals surface area contributed by atoms with E-state index in [1.807, 2.05) is 0 Å². The van der Waals surface area contributed by atoms with Gasteiger partial charge < -0.3 is 5.32 Å². The zero-order valence-corrected chi connectivity index (χ0v) is 11.7. The summed E-state index contributed by atoms with van der Waals surface area (Å²) in [6.07, 6.45) is 2.80. The van der Waals surface area contributed by atoms with Crippen LogP contribution in [-0.2, 0) is 0 Å². The second-order valence-corrected chi connectivity index (χ2v) is 6.71. The summed E-state index contributed by atoms with van der Waals surface area (Å²) >= 11 is 2.11. The molecule has 2 aliphatic rings. The van der Waals surface area contributed by atoms with Crippen LogP contribution in [0.4, 0.5) is 0 Å². The standard InChI is InChI=1S/C13H26N2S/c1-10(8-14-13-4-5-13)12(3)15-6-7-16-9-11(15)2/h10-14H,4-9H2,1-3H3. The van der Waals surface area contributed by atoms with Crippen LogP contribution in [0.2, 0.25) is 0 Å². The van der Waals surface area contributed by atoms with Crippen molar-refractivity contribution in [3.63, 3.8) is 0 Å². The Hall–Kier alpha value is 0.270. The summed E-state index contributed by atoms with van der Waals surface area (Å²) in [5.74, 6) is 3.40. The molecular formula is C13H26N2S. The molecule has 1 saturated carbocycles. The molecule has 3 atom stereocenters. The molecule has 0 bridgehead atoms. The van der Waals surface area contributed by atoms with E-state index in [0.717, 1.165) is 24.0 Å². The number of rotatable bonds is 5. The molecule has 1 aliphatic carbocycles. The van der Waals surface area contributed by atoms with E-state index in [1.54, 1.807) is 0 Å². The highest BCUT2D eigenvalue weighted by molar-refractivity contribution is 7.99. The van der Waals surface area contributed by atoms with Gasteiger partial charge in [0.1, 0.15) is 0 Å². The molecule has 2 fully saturated rings. The predicted octanol–water partition coefficient (Wildman–Crippen LogP) is 2.20. The summed E-state index contributed by atoms with van der Waals surface area (Å²) in [5.41, 5.74) is 0. The number of hydrogen-bond donors (Lipinski definition) is 1. The fourth-order valence-corrected chi connectivity index (χ4v) is 3.52. The topological polar surface area (TPSA) is 15.3 Å². The van der Waals surface area contributed by atoms with Crippen LogP contribution in [-0.4, -0.2) is 47.6 Å². The minimum absolute atomic E-state index is 0.724. The Kier molecular flexibility index (Phi) is 4.57. The van der Waals surface area contributed by atoms with E-state index in [9.17, 15) is 0 Å². The molecule has 2 nitrogen and oxygen atoms in total. The molecule has 0 radical (unpaired) electrons. The normalized spacial score (nSPS) is 31.3. The van der Waals surface area contributed by atoms with Gasteiger partial charge in [-0.1, -0.05) is 6.92 Å². The number of thioether (sulfide) groups is 1. The van der Waals surface area contributed by atoms with Crippen molar-refractivity contribution < 1.29 is 0 Å². The molecule has 0 amide bonds. The van der Waals surface area contributed by atoms with E-state index in [-0.39, 0.29) is 0 Å². The third-order valence-electron chi connectivity index (χ3n) is 4.07. The molecule has 1 N–H and O–H groups in total.